The Balaban J connectivity index is 2.40. The monoisotopic (exact) mass is 212 g/mol. The number of piperidine rings is 1. The maximum absolute atomic E-state index is 11.9. The van der Waals surface area contributed by atoms with Gasteiger partial charge in [-0.2, -0.15) is 0 Å². The van der Waals surface area contributed by atoms with Crippen molar-refractivity contribution in [2.45, 2.75) is 33.6 Å². The highest BCUT2D eigenvalue weighted by molar-refractivity contribution is 5.81. The Labute approximate surface area is 93.2 Å². The molecule has 1 aliphatic heterocycles. The molecule has 3 nitrogen and oxygen atoms in total. The molecule has 1 saturated heterocycles. The molecule has 0 spiro atoms. The molecule has 1 aliphatic rings. The van der Waals surface area contributed by atoms with Crippen LogP contribution in [0.3, 0.4) is 0 Å². The number of carbonyl (C=O) groups is 1. The van der Waals surface area contributed by atoms with Crippen molar-refractivity contribution >= 4 is 5.91 Å². The van der Waals surface area contributed by atoms with Crippen molar-refractivity contribution in [3.05, 3.63) is 0 Å². The minimum atomic E-state index is -0.248. The summed E-state index contributed by atoms with van der Waals surface area (Å²) < 4.78 is 0. The Morgan fingerprint density at radius 1 is 1.33 bits per heavy atom. The molecule has 0 aromatic heterocycles. The largest absolute Gasteiger partial charge is 0.345 e. The molecule has 0 atom stereocenters. The molecule has 0 aromatic carbocycles. The van der Waals surface area contributed by atoms with E-state index in [1.54, 1.807) is 0 Å². The number of carbonyl (C=O) groups excluding carboxylic acids is 1. The molecular formula is C12H24N2O. The molecule has 88 valence electrons. The molecule has 1 heterocycles. The van der Waals surface area contributed by atoms with E-state index in [1.165, 1.54) is 12.8 Å². The van der Waals surface area contributed by atoms with Gasteiger partial charge in [0.25, 0.3) is 0 Å². The maximum atomic E-state index is 11.9. The van der Waals surface area contributed by atoms with E-state index in [2.05, 4.69) is 5.32 Å². The lowest BCUT2D eigenvalue weighted by atomic mass is 9.93. The van der Waals surface area contributed by atoms with E-state index < -0.39 is 0 Å². The number of nitrogens with zero attached hydrogens (tertiary/aromatic N) is 1. The lowest BCUT2D eigenvalue weighted by Gasteiger charge is -2.31. The second-order valence-electron chi connectivity index (χ2n) is 5.63. The van der Waals surface area contributed by atoms with Gasteiger partial charge in [0.05, 0.1) is 0 Å². The Kier molecular flexibility index (Phi) is 4.14. The third-order valence-corrected chi connectivity index (χ3v) is 2.98. The summed E-state index contributed by atoms with van der Waals surface area (Å²) in [6.45, 7) is 9.05. The standard InChI is InChI=1S/C12H24N2O/c1-12(2,3)11(15)14(4)9-10-5-7-13-8-6-10/h10,13H,5-9H2,1-4H3. The van der Waals surface area contributed by atoms with Gasteiger partial charge in [0.15, 0.2) is 0 Å². The van der Waals surface area contributed by atoms with E-state index in [4.69, 9.17) is 0 Å². The summed E-state index contributed by atoms with van der Waals surface area (Å²) in [4.78, 5) is 13.8. The van der Waals surface area contributed by atoms with Gasteiger partial charge in [-0.25, -0.2) is 0 Å². The van der Waals surface area contributed by atoms with E-state index in [1.807, 2.05) is 32.7 Å². The molecule has 0 unspecified atom stereocenters. The maximum Gasteiger partial charge on any atom is 0.227 e. The predicted octanol–water partition coefficient (Wildman–Crippen LogP) is 1.49. The second-order valence-corrected chi connectivity index (χ2v) is 5.63. The molecule has 1 rings (SSSR count). The molecule has 15 heavy (non-hydrogen) atoms. The van der Waals surface area contributed by atoms with Crippen LogP contribution in [0.2, 0.25) is 0 Å². The molecule has 0 aromatic rings. The Morgan fingerprint density at radius 3 is 2.33 bits per heavy atom. The van der Waals surface area contributed by atoms with E-state index in [0.717, 1.165) is 19.6 Å². The lowest BCUT2D eigenvalue weighted by Crippen LogP contribution is -2.41. The average molecular weight is 212 g/mol. The first kappa shape index (κ1) is 12.5. The fraction of sp³-hybridized carbons (Fsp3) is 0.917. The molecule has 1 fully saturated rings. The van der Waals surface area contributed by atoms with Crippen LogP contribution in [0.4, 0.5) is 0 Å². The number of hydrogen-bond acceptors (Lipinski definition) is 2. The third kappa shape index (κ3) is 3.82. The van der Waals surface area contributed by atoms with Gasteiger partial charge in [0.1, 0.15) is 0 Å². The van der Waals surface area contributed by atoms with Crippen LogP contribution in [0.5, 0.6) is 0 Å². The van der Waals surface area contributed by atoms with E-state index in [-0.39, 0.29) is 11.3 Å². The number of amides is 1. The van der Waals surface area contributed by atoms with Gasteiger partial charge in [0.2, 0.25) is 5.91 Å². The molecule has 0 aliphatic carbocycles. The number of rotatable bonds is 2. The highest BCUT2D eigenvalue weighted by atomic mass is 16.2. The fourth-order valence-electron chi connectivity index (χ4n) is 2.11. The fourth-order valence-corrected chi connectivity index (χ4v) is 2.11. The van der Waals surface area contributed by atoms with Gasteiger partial charge in [-0.15, -0.1) is 0 Å². The van der Waals surface area contributed by atoms with Crippen LogP contribution < -0.4 is 5.32 Å². The molecule has 1 amide bonds. The van der Waals surface area contributed by atoms with Gasteiger partial charge in [-0.3, -0.25) is 4.79 Å². The van der Waals surface area contributed by atoms with Crippen LogP contribution in [0.15, 0.2) is 0 Å². The van der Waals surface area contributed by atoms with Crippen molar-refractivity contribution in [1.82, 2.24) is 10.2 Å². The van der Waals surface area contributed by atoms with Gasteiger partial charge in [-0.05, 0) is 31.8 Å². The average Bonchev–Trinajstić information content (AvgIpc) is 2.16. The highest BCUT2D eigenvalue weighted by Gasteiger charge is 2.26. The smallest absolute Gasteiger partial charge is 0.227 e. The molecule has 0 saturated carbocycles. The van der Waals surface area contributed by atoms with Gasteiger partial charge in [-0.1, -0.05) is 20.8 Å². The first-order valence-electron chi connectivity index (χ1n) is 5.87. The molecule has 0 bridgehead atoms. The van der Waals surface area contributed by atoms with Gasteiger partial charge in [0, 0.05) is 19.0 Å². The zero-order valence-electron chi connectivity index (χ0n) is 10.5. The van der Waals surface area contributed by atoms with E-state index in [0.29, 0.717) is 5.92 Å². The highest BCUT2D eigenvalue weighted by Crippen LogP contribution is 2.19. The first-order valence-corrected chi connectivity index (χ1v) is 5.87. The van der Waals surface area contributed by atoms with E-state index in [9.17, 15) is 4.79 Å². The Bertz CT molecular complexity index is 214. The summed E-state index contributed by atoms with van der Waals surface area (Å²) in [5.41, 5.74) is -0.248. The Hall–Kier alpha value is -0.570. The lowest BCUT2D eigenvalue weighted by molar-refractivity contribution is -0.138. The normalized spacial score (nSPS) is 18.9. The zero-order valence-corrected chi connectivity index (χ0v) is 10.5. The minimum Gasteiger partial charge on any atom is -0.345 e. The number of nitrogens with one attached hydrogen (secondary N) is 1. The molecular weight excluding hydrogens is 188 g/mol. The van der Waals surface area contributed by atoms with Crippen molar-refractivity contribution in [2.24, 2.45) is 11.3 Å². The second kappa shape index (κ2) is 4.97. The van der Waals surface area contributed by atoms with Crippen molar-refractivity contribution in [3.8, 4) is 0 Å². The summed E-state index contributed by atoms with van der Waals surface area (Å²) in [7, 11) is 1.93. The zero-order chi connectivity index (χ0) is 11.5. The van der Waals surface area contributed by atoms with Crippen LogP contribution in [0.25, 0.3) is 0 Å². The van der Waals surface area contributed by atoms with Gasteiger partial charge >= 0.3 is 0 Å². The van der Waals surface area contributed by atoms with Crippen LogP contribution in [-0.4, -0.2) is 37.5 Å². The summed E-state index contributed by atoms with van der Waals surface area (Å²) in [6, 6.07) is 0. The molecule has 1 N–H and O–H groups in total. The topological polar surface area (TPSA) is 32.3 Å². The SMILES string of the molecule is CN(CC1CCNCC1)C(=O)C(C)(C)C. The summed E-state index contributed by atoms with van der Waals surface area (Å²) >= 11 is 0. The quantitative estimate of drug-likeness (QED) is 0.752. The first-order chi connectivity index (χ1) is 6.91. The summed E-state index contributed by atoms with van der Waals surface area (Å²) in [5, 5.41) is 3.34. The van der Waals surface area contributed by atoms with E-state index >= 15 is 0 Å². The summed E-state index contributed by atoms with van der Waals surface area (Å²) in [5.74, 6) is 0.934. The van der Waals surface area contributed by atoms with Crippen LogP contribution in [0, 0.1) is 11.3 Å². The van der Waals surface area contributed by atoms with Crippen molar-refractivity contribution in [3.63, 3.8) is 0 Å². The van der Waals surface area contributed by atoms with Crippen LogP contribution in [0.1, 0.15) is 33.6 Å². The predicted molar refractivity (Wildman–Crippen MR) is 62.7 cm³/mol. The van der Waals surface area contributed by atoms with Crippen molar-refractivity contribution < 1.29 is 4.79 Å². The van der Waals surface area contributed by atoms with Crippen LogP contribution in [-0.2, 0) is 4.79 Å². The third-order valence-electron chi connectivity index (χ3n) is 2.98. The molecule has 0 radical (unpaired) electrons. The minimum absolute atomic E-state index is 0.248. The van der Waals surface area contributed by atoms with Crippen LogP contribution >= 0.6 is 0 Å². The molecule has 3 heteroatoms. The summed E-state index contributed by atoms with van der Waals surface area (Å²) in [6.07, 6.45) is 2.39. The number of hydrogen-bond donors (Lipinski definition) is 1. The van der Waals surface area contributed by atoms with Gasteiger partial charge < -0.3 is 10.2 Å². The van der Waals surface area contributed by atoms with Crippen molar-refractivity contribution in [1.29, 1.82) is 0 Å². The Morgan fingerprint density at radius 2 is 1.87 bits per heavy atom. The van der Waals surface area contributed by atoms with Crippen molar-refractivity contribution in [2.75, 3.05) is 26.7 Å².